The van der Waals surface area contributed by atoms with Gasteiger partial charge in [0, 0.05) is 19.2 Å². The van der Waals surface area contributed by atoms with Gasteiger partial charge in [-0.05, 0) is 23.3 Å². The Morgan fingerprint density at radius 1 is 1.25 bits per heavy atom. The van der Waals surface area contributed by atoms with Crippen LogP contribution in [0.3, 0.4) is 0 Å². The van der Waals surface area contributed by atoms with Gasteiger partial charge < -0.3 is 4.84 Å². The van der Waals surface area contributed by atoms with Crippen molar-refractivity contribution in [2.24, 2.45) is 0 Å². The molecule has 7 nitrogen and oxygen atoms in total. The average molecular weight is 325 g/mol. The molecule has 0 aliphatic rings. The van der Waals surface area contributed by atoms with Gasteiger partial charge >= 0.3 is 5.97 Å². The maximum absolute atomic E-state index is 12.0. The molecule has 0 saturated heterocycles. The minimum Gasteiger partial charge on any atom is -0.364 e. The molecular formula is C17H15N3O4. The Labute approximate surface area is 138 Å². The van der Waals surface area contributed by atoms with Crippen LogP contribution in [-0.2, 0) is 17.8 Å². The van der Waals surface area contributed by atoms with Crippen LogP contribution in [0.2, 0.25) is 0 Å². The smallest absolute Gasteiger partial charge is 0.357 e. The van der Waals surface area contributed by atoms with Crippen molar-refractivity contribution in [2.75, 3.05) is 7.05 Å². The number of nitrogens with zero attached hydrogens (tertiary/aromatic N) is 3. The van der Waals surface area contributed by atoms with E-state index < -0.39 is 10.9 Å². The van der Waals surface area contributed by atoms with E-state index in [0.717, 1.165) is 0 Å². The highest BCUT2D eigenvalue weighted by atomic mass is 16.7. The summed E-state index contributed by atoms with van der Waals surface area (Å²) in [5, 5.41) is 21.1. The first kappa shape index (κ1) is 17.1. The van der Waals surface area contributed by atoms with Crippen molar-refractivity contribution in [3.05, 3.63) is 75.3 Å². The molecule has 0 bridgehead atoms. The second kappa shape index (κ2) is 7.85. The fourth-order valence-corrected chi connectivity index (χ4v) is 2.17. The van der Waals surface area contributed by atoms with E-state index in [2.05, 4.69) is 0 Å². The van der Waals surface area contributed by atoms with E-state index in [1.165, 1.54) is 17.2 Å². The lowest BCUT2D eigenvalue weighted by Gasteiger charge is -2.17. The molecule has 2 rings (SSSR count). The van der Waals surface area contributed by atoms with Gasteiger partial charge in [0.2, 0.25) is 0 Å². The minimum absolute atomic E-state index is 0.0746. The molecule has 0 atom stereocenters. The van der Waals surface area contributed by atoms with Gasteiger partial charge in [-0.2, -0.15) is 5.26 Å². The molecule has 122 valence electrons. The topological polar surface area (TPSA) is 96.5 Å². The first-order chi connectivity index (χ1) is 11.5. The van der Waals surface area contributed by atoms with Crippen LogP contribution < -0.4 is 0 Å². The largest absolute Gasteiger partial charge is 0.364 e. The molecule has 0 fully saturated rings. The lowest BCUT2D eigenvalue weighted by atomic mass is 10.0. The summed E-state index contributed by atoms with van der Waals surface area (Å²) in [5.41, 5.74) is 1.55. The highest BCUT2D eigenvalue weighted by Gasteiger charge is 2.15. The molecule has 7 heteroatoms. The third kappa shape index (κ3) is 4.38. The van der Waals surface area contributed by atoms with Crippen LogP contribution in [0.25, 0.3) is 0 Å². The second-order valence-electron chi connectivity index (χ2n) is 5.08. The van der Waals surface area contributed by atoms with Crippen LogP contribution in [0.4, 0.5) is 5.69 Å². The number of hydroxylamine groups is 2. The summed E-state index contributed by atoms with van der Waals surface area (Å²) in [4.78, 5) is 27.6. The van der Waals surface area contributed by atoms with Crippen LogP contribution in [0.15, 0.2) is 48.5 Å². The van der Waals surface area contributed by atoms with Crippen molar-refractivity contribution in [1.29, 1.82) is 5.26 Å². The van der Waals surface area contributed by atoms with Crippen LogP contribution in [0.5, 0.6) is 0 Å². The number of carbonyl (C=O) groups is 1. The molecule has 0 spiro atoms. The summed E-state index contributed by atoms with van der Waals surface area (Å²) in [5.74, 6) is -0.523. The lowest BCUT2D eigenvalue weighted by molar-refractivity contribution is -0.385. The Balaban J connectivity index is 2.14. The summed E-state index contributed by atoms with van der Waals surface area (Å²) in [6.45, 7) is 0.136. The third-order valence-corrected chi connectivity index (χ3v) is 3.31. The molecule has 0 saturated carbocycles. The SMILES string of the molecule is CN(Cc1cc([N+](=O)[O-])ccc1CC#N)OC(=O)c1ccccc1. The Kier molecular flexibility index (Phi) is 5.60. The second-order valence-corrected chi connectivity index (χ2v) is 5.08. The highest BCUT2D eigenvalue weighted by molar-refractivity contribution is 5.89. The van der Waals surface area contributed by atoms with Gasteiger partial charge in [0.25, 0.3) is 5.69 Å². The van der Waals surface area contributed by atoms with Crippen molar-refractivity contribution in [3.8, 4) is 6.07 Å². The van der Waals surface area contributed by atoms with E-state index in [1.54, 1.807) is 43.4 Å². The van der Waals surface area contributed by atoms with Gasteiger partial charge in [0.15, 0.2) is 0 Å². The van der Waals surface area contributed by atoms with Gasteiger partial charge in [0.1, 0.15) is 0 Å². The molecule has 0 N–H and O–H groups in total. The molecule has 0 aliphatic carbocycles. The van der Waals surface area contributed by atoms with Crippen LogP contribution in [-0.4, -0.2) is 23.0 Å². The number of hydrogen-bond acceptors (Lipinski definition) is 6. The van der Waals surface area contributed by atoms with E-state index >= 15 is 0 Å². The number of rotatable bonds is 6. The van der Waals surface area contributed by atoms with E-state index in [1.807, 2.05) is 6.07 Å². The monoisotopic (exact) mass is 325 g/mol. The maximum Gasteiger partial charge on any atom is 0.357 e. The van der Waals surface area contributed by atoms with E-state index in [0.29, 0.717) is 16.7 Å². The van der Waals surface area contributed by atoms with Crippen molar-refractivity contribution in [3.63, 3.8) is 0 Å². The molecule has 0 aromatic heterocycles. The number of nitriles is 1. The van der Waals surface area contributed by atoms with E-state index in [4.69, 9.17) is 10.1 Å². The number of nitro groups is 1. The van der Waals surface area contributed by atoms with Crippen molar-refractivity contribution >= 4 is 11.7 Å². The maximum atomic E-state index is 12.0. The minimum atomic E-state index is -0.523. The summed E-state index contributed by atoms with van der Waals surface area (Å²) in [6.07, 6.45) is 0.119. The number of hydrogen-bond donors (Lipinski definition) is 0. The quantitative estimate of drug-likeness (QED) is 0.598. The predicted octanol–water partition coefficient (Wildman–Crippen LogP) is 2.86. The number of non-ortho nitro benzene ring substituents is 1. The van der Waals surface area contributed by atoms with Crippen molar-refractivity contribution < 1.29 is 14.6 Å². The van der Waals surface area contributed by atoms with Gasteiger partial charge in [-0.3, -0.25) is 10.1 Å². The van der Waals surface area contributed by atoms with Crippen LogP contribution in [0.1, 0.15) is 21.5 Å². The zero-order chi connectivity index (χ0) is 17.5. The van der Waals surface area contributed by atoms with Crippen molar-refractivity contribution in [1.82, 2.24) is 5.06 Å². The van der Waals surface area contributed by atoms with E-state index in [9.17, 15) is 14.9 Å². The normalized spacial score (nSPS) is 10.2. The summed E-state index contributed by atoms with van der Waals surface area (Å²) in [6, 6.07) is 14.8. The van der Waals surface area contributed by atoms with Crippen molar-refractivity contribution in [2.45, 2.75) is 13.0 Å². The van der Waals surface area contributed by atoms with Gasteiger partial charge in [-0.1, -0.05) is 24.3 Å². The van der Waals surface area contributed by atoms with Crippen LogP contribution in [0, 0.1) is 21.4 Å². The molecule has 0 radical (unpaired) electrons. The number of carbonyl (C=O) groups excluding carboxylic acids is 1. The molecule has 0 aliphatic heterocycles. The van der Waals surface area contributed by atoms with Gasteiger partial charge in [-0.15, -0.1) is 5.06 Å². The summed E-state index contributed by atoms with van der Waals surface area (Å²) in [7, 11) is 1.55. The number of nitro benzene ring substituents is 1. The molecular weight excluding hydrogens is 310 g/mol. The molecule has 2 aromatic carbocycles. The zero-order valence-corrected chi connectivity index (χ0v) is 13.0. The molecule has 2 aromatic rings. The van der Waals surface area contributed by atoms with Crippen LogP contribution >= 0.6 is 0 Å². The highest BCUT2D eigenvalue weighted by Crippen LogP contribution is 2.20. The average Bonchev–Trinajstić information content (AvgIpc) is 2.57. The first-order valence-electron chi connectivity index (χ1n) is 7.13. The third-order valence-electron chi connectivity index (χ3n) is 3.31. The van der Waals surface area contributed by atoms with Gasteiger partial charge in [-0.25, -0.2) is 4.79 Å². The molecule has 0 amide bonds. The molecule has 0 unspecified atom stereocenters. The first-order valence-corrected chi connectivity index (χ1v) is 7.13. The molecule has 24 heavy (non-hydrogen) atoms. The van der Waals surface area contributed by atoms with E-state index in [-0.39, 0.29) is 18.7 Å². The zero-order valence-electron chi connectivity index (χ0n) is 13.0. The standard InChI is InChI=1S/C17H15N3O4/c1-19(24-17(21)14-5-3-2-4-6-14)12-15-11-16(20(22)23)8-7-13(15)9-10-18/h2-8,11H,9,12H2,1H3. The Hall–Kier alpha value is -3.24. The summed E-state index contributed by atoms with van der Waals surface area (Å²) >= 11 is 0. The fourth-order valence-electron chi connectivity index (χ4n) is 2.17. The Morgan fingerprint density at radius 2 is 1.96 bits per heavy atom. The Morgan fingerprint density at radius 3 is 2.58 bits per heavy atom. The Bertz CT molecular complexity index is 784. The molecule has 0 heterocycles. The fraction of sp³-hybridized carbons (Fsp3) is 0.176. The summed E-state index contributed by atoms with van der Waals surface area (Å²) < 4.78 is 0. The lowest BCUT2D eigenvalue weighted by Crippen LogP contribution is -2.23. The van der Waals surface area contributed by atoms with Gasteiger partial charge in [0.05, 0.1) is 29.5 Å². The number of benzene rings is 2. The predicted molar refractivity (Wildman–Crippen MR) is 85.7 cm³/mol.